The predicted molar refractivity (Wildman–Crippen MR) is 84.3 cm³/mol. The molecule has 0 radical (unpaired) electrons. The van der Waals surface area contributed by atoms with Crippen LogP contribution in [0.1, 0.15) is 51.0 Å². The Labute approximate surface area is 126 Å². The molecule has 1 aliphatic carbocycles. The zero-order valence-corrected chi connectivity index (χ0v) is 13.0. The van der Waals surface area contributed by atoms with Gasteiger partial charge in [0.1, 0.15) is 5.82 Å². The van der Waals surface area contributed by atoms with Crippen molar-refractivity contribution in [1.82, 2.24) is 9.88 Å². The number of amides is 1. The monoisotopic (exact) mass is 287 g/mol. The molecular formula is C17H25N3O. The second-order valence-electron chi connectivity index (χ2n) is 6.65. The van der Waals surface area contributed by atoms with Gasteiger partial charge in [0.05, 0.1) is 0 Å². The molecule has 1 aromatic rings. The van der Waals surface area contributed by atoms with Gasteiger partial charge in [0.15, 0.2) is 0 Å². The highest BCUT2D eigenvalue weighted by molar-refractivity contribution is 5.81. The summed E-state index contributed by atoms with van der Waals surface area (Å²) in [6.45, 7) is 6.16. The van der Waals surface area contributed by atoms with Gasteiger partial charge < -0.3 is 10.2 Å². The molecule has 4 heteroatoms. The van der Waals surface area contributed by atoms with Gasteiger partial charge in [0.25, 0.3) is 0 Å². The first-order valence-electron chi connectivity index (χ1n) is 8.15. The number of carbonyl (C=O) groups excluding carboxylic acids is 1. The van der Waals surface area contributed by atoms with Crippen LogP contribution in [-0.4, -0.2) is 34.9 Å². The molecule has 1 aromatic heterocycles. The summed E-state index contributed by atoms with van der Waals surface area (Å²) < 4.78 is 0. The van der Waals surface area contributed by atoms with E-state index in [2.05, 4.69) is 36.3 Å². The van der Waals surface area contributed by atoms with Gasteiger partial charge in [0.2, 0.25) is 5.91 Å². The number of anilines is 1. The van der Waals surface area contributed by atoms with E-state index in [0.717, 1.165) is 44.6 Å². The summed E-state index contributed by atoms with van der Waals surface area (Å²) in [5.74, 6) is 2.21. The molecule has 2 heterocycles. The normalized spacial score (nSPS) is 19.9. The van der Waals surface area contributed by atoms with Crippen LogP contribution in [0.3, 0.4) is 0 Å². The maximum Gasteiger partial charge on any atom is 0.225 e. The van der Waals surface area contributed by atoms with Crippen molar-refractivity contribution >= 4 is 11.7 Å². The van der Waals surface area contributed by atoms with Crippen LogP contribution in [0.2, 0.25) is 0 Å². The number of nitrogens with one attached hydrogen (secondary N) is 1. The number of piperidine rings is 1. The second kappa shape index (κ2) is 6.04. The summed E-state index contributed by atoms with van der Waals surface area (Å²) in [6.07, 6.45) is 6.12. The summed E-state index contributed by atoms with van der Waals surface area (Å²) >= 11 is 0. The molecule has 114 valence electrons. The first kappa shape index (κ1) is 14.4. The lowest BCUT2D eigenvalue weighted by Gasteiger charge is -2.32. The van der Waals surface area contributed by atoms with Crippen molar-refractivity contribution in [2.45, 2.75) is 51.5 Å². The molecule has 0 atom stereocenters. The third-order valence-corrected chi connectivity index (χ3v) is 4.54. The number of pyridine rings is 1. The lowest BCUT2D eigenvalue weighted by molar-refractivity contribution is -0.133. The van der Waals surface area contributed by atoms with E-state index in [4.69, 9.17) is 0 Å². The molecule has 1 N–H and O–H groups in total. The van der Waals surface area contributed by atoms with Gasteiger partial charge >= 0.3 is 0 Å². The molecule has 21 heavy (non-hydrogen) atoms. The first-order valence-corrected chi connectivity index (χ1v) is 8.15. The zero-order valence-electron chi connectivity index (χ0n) is 13.0. The summed E-state index contributed by atoms with van der Waals surface area (Å²) in [7, 11) is 0. The number of likely N-dealkylation sites (tertiary alicyclic amines) is 1. The van der Waals surface area contributed by atoms with Crippen LogP contribution in [-0.2, 0) is 4.79 Å². The molecule has 3 rings (SSSR count). The SMILES string of the molecule is CC(C)c1ccnc(NC2CCN(C(=O)C3CC3)CC2)c1. The van der Waals surface area contributed by atoms with Gasteiger partial charge in [-0.3, -0.25) is 4.79 Å². The van der Waals surface area contributed by atoms with Crippen LogP contribution in [0.15, 0.2) is 18.3 Å². The lowest BCUT2D eigenvalue weighted by atomic mass is 10.0. The van der Waals surface area contributed by atoms with Crippen LogP contribution in [0.25, 0.3) is 0 Å². The van der Waals surface area contributed by atoms with E-state index in [9.17, 15) is 4.79 Å². The Balaban J connectivity index is 1.53. The fourth-order valence-corrected chi connectivity index (χ4v) is 2.93. The molecule has 2 fully saturated rings. The number of rotatable bonds is 4. The molecule has 1 saturated carbocycles. The van der Waals surface area contributed by atoms with Gasteiger partial charge in [-0.25, -0.2) is 4.98 Å². The van der Waals surface area contributed by atoms with Gasteiger partial charge in [-0.2, -0.15) is 0 Å². The quantitative estimate of drug-likeness (QED) is 0.926. The van der Waals surface area contributed by atoms with E-state index in [1.807, 2.05) is 11.1 Å². The Bertz CT molecular complexity index is 503. The lowest BCUT2D eigenvalue weighted by Crippen LogP contribution is -2.43. The van der Waals surface area contributed by atoms with Gasteiger partial charge in [-0.1, -0.05) is 13.8 Å². The summed E-state index contributed by atoms with van der Waals surface area (Å²) in [5.41, 5.74) is 1.31. The van der Waals surface area contributed by atoms with Crippen LogP contribution >= 0.6 is 0 Å². The molecule has 0 spiro atoms. The van der Waals surface area contributed by atoms with Crippen molar-refractivity contribution in [2.75, 3.05) is 18.4 Å². The largest absolute Gasteiger partial charge is 0.367 e. The van der Waals surface area contributed by atoms with Crippen molar-refractivity contribution in [2.24, 2.45) is 5.92 Å². The Morgan fingerprint density at radius 2 is 2.00 bits per heavy atom. The first-order chi connectivity index (χ1) is 10.1. The molecule has 4 nitrogen and oxygen atoms in total. The maximum atomic E-state index is 12.0. The number of hydrogen-bond donors (Lipinski definition) is 1. The highest BCUT2D eigenvalue weighted by Gasteiger charge is 2.34. The minimum atomic E-state index is 0.346. The average Bonchev–Trinajstić information content (AvgIpc) is 3.32. The average molecular weight is 287 g/mol. The topological polar surface area (TPSA) is 45.2 Å². The van der Waals surface area contributed by atoms with E-state index in [1.165, 1.54) is 5.56 Å². The smallest absolute Gasteiger partial charge is 0.225 e. The van der Waals surface area contributed by atoms with Crippen molar-refractivity contribution in [1.29, 1.82) is 0 Å². The molecule has 1 saturated heterocycles. The van der Waals surface area contributed by atoms with Crippen molar-refractivity contribution in [3.63, 3.8) is 0 Å². The molecule has 0 aromatic carbocycles. The van der Waals surface area contributed by atoms with E-state index in [1.54, 1.807) is 0 Å². The standard InChI is InChI=1S/C17H25N3O/c1-12(2)14-5-8-18-16(11-14)19-15-6-9-20(10-7-15)17(21)13-3-4-13/h5,8,11-13,15H,3-4,6-7,9-10H2,1-2H3,(H,18,19). The van der Waals surface area contributed by atoms with Crippen molar-refractivity contribution in [3.8, 4) is 0 Å². The third-order valence-electron chi connectivity index (χ3n) is 4.54. The molecule has 0 unspecified atom stereocenters. The van der Waals surface area contributed by atoms with Gasteiger partial charge in [-0.15, -0.1) is 0 Å². The maximum absolute atomic E-state index is 12.0. The number of hydrogen-bond acceptors (Lipinski definition) is 3. The zero-order chi connectivity index (χ0) is 14.8. The Kier molecular flexibility index (Phi) is 4.13. The Morgan fingerprint density at radius 3 is 2.62 bits per heavy atom. The molecular weight excluding hydrogens is 262 g/mol. The Hall–Kier alpha value is -1.58. The summed E-state index contributed by atoms with van der Waals surface area (Å²) in [4.78, 5) is 18.5. The Morgan fingerprint density at radius 1 is 1.29 bits per heavy atom. The van der Waals surface area contributed by atoms with Crippen molar-refractivity contribution < 1.29 is 4.79 Å². The van der Waals surface area contributed by atoms with Crippen LogP contribution in [0.5, 0.6) is 0 Å². The van der Waals surface area contributed by atoms with E-state index in [0.29, 0.717) is 23.8 Å². The van der Waals surface area contributed by atoms with E-state index >= 15 is 0 Å². The second-order valence-corrected chi connectivity index (χ2v) is 6.65. The van der Waals surface area contributed by atoms with Crippen LogP contribution in [0.4, 0.5) is 5.82 Å². The number of carbonyl (C=O) groups is 1. The van der Waals surface area contributed by atoms with Gasteiger partial charge in [-0.05, 0) is 49.3 Å². The summed E-state index contributed by atoms with van der Waals surface area (Å²) in [5, 5.41) is 3.53. The molecule has 0 bridgehead atoms. The molecule has 2 aliphatic rings. The predicted octanol–water partition coefficient (Wildman–Crippen LogP) is 3.02. The number of nitrogens with zero attached hydrogens (tertiary/aromatic N) is 2. The summed E-state index contributed by atoms with van der Waals surface area (Å²) in [6, 6.07) is 4.65. The van der Waals surface area contributed by atoms with Crippen molar-refractivity contribution in [3.05, 3.63) is 23.9 Å². The van der Waals surface area contributed by atoms with Gasteiger partial charge in [0, 0.05) is 31.2 Å². The minimum absolute atomic E-state index is 0.346. The third kappa shape index (κ3) is 3.55. The van der Waals surface area contributed by atoms with E-state index in [-0.39, 0.29) is 0 Å². The molecule has 1 aliphatic heterocycles. The number of aromatic nitrogens is 1. The highest BCUT2D eigenvalue weighted by atomic mass is 16.2. The fourth-order valence-electron chi connectivity index (χ4n) is 2.93. The fraction of sp³-hybridized carbons (Fsp3) is 0.647. The van der Waals surface area contributed by atoms with E-state index < -0.39 is 0 Å². The van der Waals surface area contributed by atoms with Crippen LogP contribution in [0, 0.1) is 5.92 Å². The molecule has 1 amide bonds. The van der Waals surface area contributed by atoms with Crippen LogP contribution < -0.4 is 5.32 Å². The highest BCUT2D eigenvalue weighted by Crippen LogP contribution is 2.32. The minimum Gasteiger partial charge on any atom is -0.367 e.